The highest BCUT2D eigenvalue weighted by Crippen LogP contribution is 2.33. The molecule has 2 N–H and O–H groups in total. The quantitative estimate of drug-likeness (QED) is 0.691. The highest BCUT2D eigenvalue weighted by molar-refractivity contribution is 7.92. The smallest absolute Gasteiger partial charge is 0.272 e. The van der Waals surface area contributed by atoms with Crippen LogP contribution in [0.4, 0.5) is 5.69 Å². The minimum atomic E-state index is -3.33. The molecule has 0 bridgehead atoms. The monoisotopic (exact) mass is 398 g/mol. The Labute approximate surface area is 161 Å². The van der Waals surface area contributed by atoms with Gasteiger partial charge in [-0.15, -0.1) is 0 Å². The molecule has 0 saturated carbocycles. The molecule has 0 atom stereocenters. The Morgan fingerprint density at radius 3 is 2.86 bits per heavy atom. The lowest BCUT2D eigenvalue weighted by molar-refractivity contribution is 0.0761. The van der Waals surface area contributed by atoms with Crippen molar-refractivity contribution >= 4 is 32.5 Å². The largest absolute Gasteiger partial charge is 0.395 e. The van der Waals surface area contributed by atoms with Gasteiger partial charge in [0.1, 0.15) is 5.69 Å². The normalized spacial score (nSPS) is 14.5. The number of aliphatic hydroxyl groups excluding tert-OH is 1. The second-order valence-corrected chi connectivity index (χ2v) is 8.36. The molecule has 0 fully saturated rings. The topological polar surface area (TPSA) is 112 Å². The lowest BCUT2D eigenvalue weighted by Gasteiger charge is -2.15. The lowest BCUT2D eigenvalue weighted by Crippen LogP contribution is -2.30. The minimum Gasteiger partial charge on any atom is -0.395 e. The summed E-state index contributed by atoms with van der Waals surface area (Å²) in [5.74, 6) is -0.361. The van der Waals surface area contributed by atoms with Crippen LogP contribution in [0.1, 0.15) is 16.1 Å². The van der Waals surface area contributed by atoms with E-state index >= 15 is 0 Å². The maximum absolute atomic E-state index is 12.5. The Bertz CT molecular complexity index is 1190. The van der Waals surface area contributed by atoms with Gasteiger partial charge in [-0.25, -0.2) is 13.4 Å². The van der Waals surface area contributed by atoms with Gasteiger partial charge in [0.25, 0.3) is 5.91 Å². The third-order valence-corrected chi connectivity index (χ3v) is 5.85. The van der Waals surface area contributed by atoms with Gasteiger partial charge in [-0.05, 0) is 35.4 Å². The van der Waals surface area contributed by atoms with E-state index in [0.717, 1.165) is 10.9 Å². The van der Waals surface area contributed by atoms with Crippen molar-refractivity contribution in [3.63, 3.8) is 0 Å². The number of likely N-dealkylation sites (N-methyl/N-ethyl adjacent to an activating group) is 1. The molecule has 28 heavy (non-hydrogen) atoms. The summed E-state index contributed by atoms with van der Waals surface area (Å²) in [5, 5.41) is 9.81. The molecular formula is C19H18N4O4S. The molecule has 4 rings (SSSR count). The number of sulfonamides is 1. The van der Waals surface area contributed by atoms with E-state index < -0.39 is 10.0 Å². The van der Waals surface area contributed by atoms with E-state index in [9.17, 15) is 13.2 Å². The Kier molecular flexibility index (Phi) is 4.48. The van der Waals surface area contributed by atoms with Crippen molar-refractivity contribution in [1.29, 1.82) is 0 Å². The summed E-state index contributed by atoms with van der Waals surface area (Å²) in [4.78, 5) is 22.7. The molecule has 0 unspecified atom stereocenters. The molecule has 0 aliphatic carbocycles. The summed E-state index contributed by atoms with van der Waals surface area (Å²) in [5.41, 5.74) is 3.62. The second kappa shape index (κ2) is 6.84. The Hall–Kier alpha value is -3.04. The molecule has 8 nitrogen and oxygen atoms in total. The van der Waals surface area contributed by atoms with Gasteiger partial charge < -0.3 is 10.0 Å². The summed E-state index contributed by atoms with van der Waals surface area (Å²) >= 11 is 0. The number of aromatic nitrogens is 2. The number of carbonyl (C=O) groups is 1. The predicted octanol–water partition coefficient (Wildman–Crippen LogP) is 1.62. The zero-order valence-electron chi connectivity index (χ0n) is 15.1. The molecule has 9 heteroatoms. The van der Waals surface area contributed by atoms with Gasteiger partial charge in [-0.2, -0.15) is 0 Å². The molecule has 0 radical (unpaired) electrons. The average Bonchev–Trinajstić information content (AvgIpc) is 2.99. The van der Waals surface area contributed by atoms with Crippen LogP contribution in [0.15, 0.2) is 42.7 Å². The van der Waals surface area contributed by atoms with Crippen molar-refractivity contribution in [3.8, 4) is 11.1 Å². The van der Waals surface area contributed by atoms with Crippen molar-refractivity contribution in [1.82, 2.24) is 14.9 Å². The van der Waals surface area contributed by atoms with Crippen molar-refractivity contribution in [2.24, 2.45) is 0 Å². The summed E-state index contributed by atoms with van der Waals surface area (Å²) in [6, 6.07) is 8.73. The predicted molar refractivity (Wildman–Crippen MR) is 105 cm³/mol. The van der Waals surface area contributed by atoms with Gasteiger partial charge in [0.15, 0.2) is 0 Å². The molecule has 1 aromatic carbocycles. The number of rotatable bonds is 4. The fourth-order valence-electron chi connectivity index (χ4n) is 3.21. The highest BCUT2D eigenvalue weighted by Gasteiger charge is 2.24. The van der Waals surface area contributed by atoms with Crippen LogP contribution in [-0.2, 0) is 15.8 Å². The number of carbonyl (C=O) groups excluding carboxylic acids is 1. The Balaban J connectivity index is 1.80. The SMILES string of the molecule is CN(CCO)C(=O)c1ccc2cncc(-c3ccc4c(c3)CS(=O)(=O)N4)c2n1. The third kappa shape index (κ3) is 3.30. The van der Waals surface area contributed by atoms with E-state index in [1.807, 2.05) is 0 Å². The molecular weight excluding hydrogens is 380 g/mol. The first-order chi connectivity index (χ1) is 13.4. The van der Waals surface area contributed by atoms with Gasteiger partial charge in [-0.1, -0.05) is 6.07 Å². The average molecular weight is 398 g/mol. The summed E-state index contributed by atoms with van der Waals surface area (Å²) in [6.07, 6.45) is 3.32. The molecule has 1 aliphatic rings. The standard InChI is InChI=1S/C19H18N4O4S/c1-23(6-7-24)19(25)17-5-3-13-9-20-10-15(18(13)21-17)12-2-4-16-14(8-12)11-28(26,27)22-16/h2-5,8-10,22,24H,6-7,11H2,1H3. The maximum Gasteiger partial charge on any atom is 0.272 e. The van der Waals surface area contributed by atoms with Crippen LogP contribution in [-0.4, -0.2) is 54.5 Å². The first-order valence-corrected chi connectivity index (χ1v) is 10.3. The zero-order chi connectivity index (χ0) is 19.9. The number of hydrogen-bond donors (Lipinski definition) is 2. The molecule has 3 aromatic rings. The van der Waals surface area contributed by atoms with Gasteiger partial charge in [-0.3, -0.25) is 14.5 Å². The number of fused-ring (bicyclic) bond motifs is 2. The number of nitrogens with zero attached hydrogens (tertiary/aromatic N) is 3. The van der Waals surface area contributed by atoms with Crippen LogP contribution in [0.3, 0.4) is 0 Å². The van der Waals surface area contributed by atoms with E-state index in [1.54, 1.807) is 49.8 Å². The van der Waals surface area contributed by atoms with Crippen molar-refractivity contribution < 1.29 is 18.3 Å². The van der Waals surface area contributed by atoms with E-state index in [2.05, 4.69) is 14.7 Å². The van der Waals surface area contributed by atoms with Crippen LogP contribution >= 0.6 is 0 Å². The van der Waals surface area contributed by atoms with E-state index in [4.69, 9.17) is 5.11 Å². The molecule has 0 spiro atoms. The molecule has 144 valence electrons. The molecule has 1 aliphatic heterocycles. The Morgan fingerprint density at radius 1 is 1.25 bits per heavy atom. The van der Waals surface area contributed by atoms with Gasteiger partial charge in [0.05, 0.1) is 23.6 Å². The number of anilines is 1. The summed E-state index contributed by atoms with van der Waals surface area (Å²) in [6.45, 7) is 0.0884. The fourth-order valence-corrected chi connectivity index (χ4v) is 4.46. The summed E-state index contributed by atoms with van der Waals surface area (Å²) in [7, 11) is -1.73. The van der Waals surface area contributed by atoms with E-state index in [-0.39, 0.29) is 30.5 Å². The van der Waals surface area contributed by atoms with Crippen LogP contribution in [0.2, 0.25) is 0 Å². The number of hydrogen-bond acceptors (Lipinski definition) is 6. The van der Waals surface area contributed by atoms with Crippen LogP contribution in [0, 0.1) is 0 Å². The van der Waals surface area contributed by atoms with Crippen LogP contribution < -0.4 is 4.72 Å². The number of aliphatic hydroxyl groups is 1. The molecule has 0 saturated heterocycles. The van der Waals surface area contributed by atoms with Gasteiger partial charge in [0.2, 0.25) is 10.0 Å². The van der Waals surface area contributed by atoms with E-state index in [1.165, 1.54) is 4.90 Å². The zero-order valence-corrected chi connectivity index (χ0v) is 15.9. The second-order valence-electron chi connectivity index (χ2n) is 6.64. The third-order valence-electron chi connectivity index (χ3n) is 4.63. The van der Waals surface area contributed by atoms with Crippen molar-refractivity contribution in [2.45, 2.75) is 5.75 Å². The Morgan fingerprint density at radius 2 is 2.07 bits per heavy atom. The number of pyridine rings is 2. The van der Waals surface area contributed by atoms with Gasteiger partial charge >= 0.3 is 0 Å². The first-order valence-electron chi connectivity index (χ1n) is 8.63. The highest BCUT2D eigenvalue weighted by atomic mass is 32.2. The fraction of sp³-hybridized carbons (Fsp3) is 0.211. The number of benzene rings is 1. The lowest BCUT2D eigenvalue weighted by atomic mass is 10.0. The van der Waals surface area contributed by atoms with Gasteiger partial charge in [0, 0.05) is 36.9 Å². The number of nitrogens with one attached hydrogen (secondary N) is 1. The van der Waals surface area contributed by atoms with Crippen LogP contribution in [0.5, 0.6) is 0 Å². The first kappa shape index (κ1) is 18.3. The van der Waals surface area contributed by atoms with Crippen molar-refractivity contribution in [3.05, 3.63) is 54.0 Å². The molecule has 3 heterocycles. The van der Waals surface area contributed by atoms with Crippen molar-refractivity contribution in [2.75, 3.05) is 24.9 Å². The molecule has 1 amide bonds. The number of amides is 1. The van der Waals surface area contributed by atoms with Crippen LogP contribution in [0.25, 0.3) is 22.0 Å². The van der Waals surface area contributed by atoms with E-state index in [0.29, 0.717) is 22.3 Å². The minimum absolute atomic E-state index is 0.0719. The molecule has 2 aromatic heterocycles. The maximum atomic E-state index is 12.5. The summed E-state index contributed by atoms with van der Waals surface area (Å²) < 4.78 is 26.1.